The number of nitrogens with two attached hydrogens (primary N) is 2. The lowest BCUT2D eigenvalue weighted by atomic mass is 10.2. The highest BCUT2D eigenvalue weighted by molar-refractivity contribution is 7.89. The van der Waals surface area contributed by atoms with Crippen molar-refractivity contribution in [2.24, 2.45) is 5.14 Å². The van der Waals surface area contributed by atoms with Gasteiger partial charge in [0.15, 0.2) is 0 Å². The van der Waals surface area contributed by atoms with Crippen molar-refractivity contribution in [3.05, 3.63) is 24.0 Å². The summed E-state index contributed by atoms with van der Waals surface area (Å²) in [6.45, 7) is 0.113. The molecular weight excluding hydrogens is 221 g/mol. The average Bonchev–Trinajstić information content (AvgIpc) is 1.99. The third kappa shape index (κ3) is 4.61. The van der Waals surface area contributed by atoms with Gasteiger partial charge in [0.05, 0.1) is 5.75 Å². The molecular formula is C8H12FN3O2S. The summed E-state index contributed by atoms with van der Waals surface area (Å²) in [6, 6.07) is 3.90. The molecule has 0 amide bonds. The van der Waals surface area contributed by atoms with Crippen LogP contribution >= 0.6 is 0 Å². The Morgan fingerprint density at radius 1 is 1.33 bits per heavy atom. The summed E-state index contributed by atoms with van der Waals surface area (Å²) in [4.78, 5) is 0. The summed E-state index contributed by atoms with van der Waals surface area (Å²) >= 11 is 0. The molecule has 84 valence electrons. The fraction of sp³-hybridized carbons (Fsp3) is 0.250. The van der Waals surface area contributed by atoms with Gasteiger partial charge in [-0.05, 0) is 18.2 Å². The predicted molar refractivity (Wildman–Crippen MR) is 57.3 cm³/mol. The summed E-state index contributed by atoms with van der Waals surface area (Å²) in [7, 11) is -3.50. The van der Waals surface area contributed by atoms with Crippen LogP contribution in [0, 0.1) is 5.82 Å². The largest absolute Gasteiger partial charge is 0.399 e. The number of sulfonamides is 1. The van der Waals surface area contributed by atoms with E-state index in [0.717, 1.165) is 0 Å². The van der Waals surface area contributed by atoms with Crippen LogP contribution in [-0.2, 0) is 10.0 Å². The van der Waals surface area contributed by atoms with Crippen molar-refractivity contribution >= 4 is 21.4 Å². The fourth-order valence-corrected chi connectivity index (χ4v) is 1.44. The molecule has 0 bridgehead atoms. The number of hydrogen-bond donors (Lipinski definition) is 3. The number of primary sulfonamides is 1. The Kier molecular flexibility index (Phi) is 3.48. The van der Waals surface area contributed by atoms with Crippen LogP contribution in [0.4, 0.5) is 15.8 Å². The molecule has 1 rings (SSSR count). The minimum absolute atomic E-state index is 0.113. The maximum Gasteiger partial charge on any atom is 0.210 e. The molecule has 0 fully saturated rings. The van der Waals surface area contributed by atoms with E-state index in [1.54, 1.807) is 0 Å². The quantitative estimate of drug-likeness (QED) is 0.643. The first kappa shape index (κ1) is 11.7. The molecule has 0 atom stereocenters. The van der Waals surface area contributed by atoms with Crippen LogP contribution < -0.4 is 16.2 Å². The number of halogens is 1. The zero-order valence-electron chi connectivity index (χ0n) is 7.90. The summed E-state index contributed by atoms with van der Waals surface area (Å²) in [5, 5.41) is 7.50. The van der Waals surface area contributed by atoms with Crippen LogP contribution in [0.15, 0.2) is 18.2 Å². The molecule has 0 radical (unpaired) electrons. The molecule has 5 nitrogen and oxygen atoms in total. The van der Waals surface area contributed by atoms with Gasteiger partial charge < -0.3 is 11.1 Å². The van der Waals surface area contributed by atoms with Crippen molar-refractivity contribution in [2.45, 2.75) is 0 Å². The molecule has 15 heavy (non-hydrogen) atoms. The van der Waals surface area contributed by atoms with Crippen molar-refractivity contribution < 1.29 is 12.8 Å². The normalized spacial score (nSPS) is 11.3. The number of hydrogen-bond acceptors (Lipinski definition) is 4. The van der Waals surface area contributed by atoms with Gasteiger partial charge >= 0.3 is 0 Å². The van der Waals surface area contributed by atoms with Gasteiger partial charge in [0, 0.05) is 17.9 Å². The van der Waals surface area contributed by atoms with Crippen LogP contribution in [0.3, 0.4) is 0 Å². The van der Waals surface area contributed by atoms with E-state index in [1.165, 1.54) is 18.2 Å². The second-order valence-corrected chi connectivity index (χ2v) is 4.80. The van der Waals surface area contributed by atoms with Crippen LogP contribution in [0.25, 0.3) is 0 Å². The molecule has 0 aliphatic carbocycles. The van der Waals surface area contributed by atoms with E-state index in [1.807, 2.05) is 0 Å². The minimum atomic E-state index is -3.50. The number of nitrogens with one attached hydrogen (secondary N) is 1. The standard InChI is InChI=1S/C8H12FN3O2S/c9-6-3-7(10)5-8(4-6)12-1-2-15(11,13)14/h3-5,12H,1-2,10H2,(H2,11,13,14). The van der Waals surface area contributed by atoms with Crippen molar-refractivity contribution in [1.82, 2.24) is 0 Å². The van der Waals surface area contributed by atoms with E-state index >= 15 is 0 Å². The van der Waals surface area contributed by atoms with Gasteiger partial charge in [-0.1, -0.05) is 0 Å². The average molecular weight is 233 g/mol. The molecule has 1 aromatic carbocycles. The molecule has 7 heteroatoms. The van der Waals surface area contributed by atoms with E-state index < -0.39 is 15.8 Å². The molecule has 0 aliphatic heterocycles. The lowest BCUT2D eigenvalue weighted by molar-refractivity contribution is 0.598. The van der Waals surface area contributed by atoms with Gasteiger partial charge in [-0.15, -0.1) is 0 Å². The van der Waals surface area contributed by atoms with Gasteiger partial charge in [0.25, 0.3) is 0 Å². The lowest BCUT2D eigenvalue weighted by Gasteiger charge is -2.06. The zero-order valence-corrected chi connectivity index (χ0v) is 8.72. The van der Waals surface area contributed by atoms with Gasteiger partial charge in [0.2, 0.25) is 10.0 Å². The van der Waals surface area contributed by atoms with Crippen LogP contribution in [0.1, 0.15) is 0 Å². The van der Waals surface area contributed by atoms with Crippen molar-refractivity contribution in [1.29, 1.82) is 0 Å². The lowest BCUT2D eigenvalue weighted by Crippen LogP contribution is -2.22. The Morgan fingerprint density at radius 3 is 2.53 bits per heavy atom. The molecule has 5 N–H and O–H groups in total. The number of anilines is 2. The third-order valence-electron chi connectivity index (χ3n) is 1.64. The number of rotatable bonds is 4. The second-order valence-electron chi connectivity index (χ2n) is 3.07. The molecule has 0 saturated heterocycles. The zero-order chi connectivity index (χ0) is 11.5. The topological polar surface area (TPSA) is 98.2 Å². The van der Waals surface area contributed by atoms with Crippen molar-refractivity contribution in [3.8, 4) is 0 Å². The Bertz CT molecular complexity index is 427. The van der Waals surface area contributed by atoms with Crippen LogP contribution in [0.5, 0.6) is 0 Å². The van der Waals surface area contributed by atoms with E-state index in [2.05, 4.69) is 5.32 Å². The first-order valence-electron chi connectivity index (χ1n) is 4.17. The summed E-state index contributed by atoms with van der Waals surface area (Å²) in [5.74, 6) is -0.697. The smallest absolute Gasteiger partial charge is 0.210 e. The second kappa shape index (κ2) is 4.45. The Balaban J connectivity index is 2.58. The summed E-state index contributed by atoms with van der Waals surface area (Å²) < 4.78 is 34.0. The molecule has 0 aliphatic rings. The van der Waals surface area contributed by atoms with Gasteiger partial charge in [0.1, 0.15) is 5.82 Å². The first-order chi connectivity index (χ1) is 6.87. The Morgan fingerprint density at radius 2 is 2.00 bits per heavy atom. The van der Waals surface area contributed by atoms with Gasteiger partial charge in [-0.3, -0.25) is 0 Å². The molecule has 0 spiro atoms. The molecule has 0 unspecified atom stereocenters. The fourth-order valence-electron chi connectivity index (χ4n) is 1.05. The van der Waals surface area contributed by atoms with Crippen LogP contribution in [-0.4, -0.2) is 20.7 Å². The third-order valence-corrected chi connectivity index (χ3v) is 2.41. The molecule has 0 aromatic heterocycles. The SMILES string of the molecule is Nc1cc(F)cc(NCCS(N)(=O)=O)c1. The summed E-state index contributed by atoms with van der Waals surface area (Å²) in [5.41, 5.74) is 6.09. The van der Waals surface area contributed by atoms with Gasteiger partial charge in [-0.25, -0.2) is 17.9 Å². The van der Waals surface area contributed by atoms with Gasteiger partial charge in [-0.2, -0.15) is 0 Å². The highest BCUT2D eigenvalue weighted by Crippen LogP contribution is 2.14. The summed E-state index contributed by atoms with van der Waals surface area (Å²) in [6.07, 6.45) is 0. The Hall–Kier alpha value is -1.34. The highest BCUT2D eigenvalue weighted by atomic mass is 32.2. The van der Waals surface area contributed by atoms with E-state index in [9.17, 15) is 12.8 Å². The van der Waals surface area contributed by atoms with E-state index in [0.29, 0.717) is 5.69 Å². The van der Waals surface area contributed by atoms with E-state index in [4.69, 9.17) is 10.9 Å². The van der Waals surface area contributed by atoms with Crippen molar-refractivity contribution in [3.63, 3.8) is 0 Å². The Labute approximate surface area is 87.3 Å². The molecule has 0 saturated carbocycles. The predicted octanol–water partition coefficient (Wildman–Crippen LogP) is 0.108. The molecule has 0 heterocycles. The number of nitrogen functional groups attached to an aromatic ring is 1. The first-order valence-corrected chi connectivity index (χ1v) is 5.89. The van der Waals surface area contributed by atoms with Crippen molar-refractivity contribution in [2.75, 3.05) is 23.3 Å². The van der Waals surface area contributed by atoms with Crippen LogP contribution in [0.2, 0.25) is 0 Å². The maximum atomic E-state index is 12.8. The highest BCUT2D eigenvalue weighted by Gasteiger charge is 2.02. The minimum Gasteiger partial charge on any atom is -0.399 e. The monoisotopic (exact) mass is 233 g/mol. The number of benzene rings is 1. The maximum absolute atomic E-state index is 12.8. The molecule has 1 aromatic rings. The van der Waals surface area contributed by atoms with E-state index in [-0.39, 0.29) is 18.0 Å².